The van der Waals surface area contributed by atoms with Crippen LogP contribution >= 0.6 is 0 Å². The Morgan fingerprint density at radius 2 is 1.81 bits per heavy atom. The van der Waals surface area contributed by atoms with Gasteiger partial charge in [-0.15, -0.1) is 0 Å². The van der Waals surface area contributed by atoms with Crippen molar-refractivity contribution >= 4 is 0 Å². The lowest BCUT2D eigenvalue weighted by Crippen LogP contribution is -2.68. The molecular formula is C18H31N3. The van der Waals surface area contributed by atoms with Gasteiger partial charge in [0.1, 0.15) is 0 Å². The van der Waals surface area contributed by atoms with Crippen molar-refractivity contribution in [2.24, 2.45) is 34.8 Å². The topological polar surface area (TPSA) is 50.1 Å². The molecule has 0 aromatic heterocycles. The van der Waals surface area contributed by atoms with Crippen LogP contribution in [0.15, 0.2) is 0 Å². The maximum atomic E-state index is 6.84. The fourth-order valence-electron chi connectivity index (χ4n) is 7.67. The van der Waals surface area contributed by atoms with E-state index in [4.69, 9.17) is 5.73 Å². The SMILES string of the molecule is NC12CC3CC(C1)CC(C1CNCC4CCCNC41)(C3)C2. The highest BCUT2D eigenvalue weighted by atomic mass is 15.0. The molecule has 2 saturated heterocycles. The van der Waals surface area contributed by atoms with Gasteiger partial charge in [-0.05, 0) is 100 Å². The van der Waals surface area contributed by atoms with Crippen LogP contribution in [0.25, 0.3) is 0 Å². The van der Waals surface area contributed by atoms with Crippen LogP contribution in [0.4, 0.5) is 0 Å². The van der Waals surface area contributed by atoms with E-state index in [2.05, 4.69) is 10.6 Å². The zero-order valence-corrected chi connectivity index (χ0v) is 13.2. The number of hydrogen-bond donors (Lipinski definition) is 3. The first-order chi connectivity index (χ1) is 10.2. The summed E-state index contributed by atoms with van der Waals surface area (Å²) in [4.78, 5) is 0. The maximum Gasteiger partial charge on any atom is 0.0165 e. The minimum absolute atomic E-state index is 0.200. The third kappa shape index (κ3) is 1.96. The molecule has 6 rings (SSSR count). The molecule has 4 bridgehead atoms. The van der Waals surface area contributed by atoms with Crippen molar-refractivity contribution in [1.82, 2.24) is 10.6 Å². The Kier molecular flexibility index (Phi) is 2.83. The smallest absolute Gasteiger partial charge is 0.0165 e. The third-order valence-corrected chi connectivity index (χ3v) is 7.78. The number of nitrogens with two attached hydrogens (primary N) is 1. The first-order valence-electron chi connectivity index (χ1n) is 9.39. The molecule has 21 heavy (non-hydrogen) atoms. The van der Waals surface area contributed by atoms with Gasteiger partial charge in [0.15, 0.2) is 0 Å². The van der Waals surface area contributed by atoms with Crippen LogP contribution in [0.1, 0.15) is 51.4 Å². The highest BCUT2D eigenvalue weighted by molar-refractivity contribution is 5.14. The largest absolute Gasteiger partial charge is 0.325 e. The van der Waals surface area contributed by atoms with Gasteiger partial charge in [0, 0.05) is 11.6 Å². The van der Waals surface area contributed by atoms with Crippen molar-refractivity contribution in [3.63, 3.8) is 0 Å². The summed E-state index contributed by atoms with van der Waals surface area (Å²) < 4.78 is 0. The molecule has 6 fully saturated rings. The summed E-state index contributed by atoms with van der Waals surface area (Å²) in [6, 6.07) is 0.778. The summed E-state index contributed by atoms with van der Waals surface area (Å²) in [6.45, 7) is 3.73. The van der Waals surface area contributed by atoms with Crippen molar-refractivity contribution in [2.75, 3.05) is 19.6 Å². The second-order valence-electron chi connectivity index (χ2n) is 9.33. The second kappa shape index (κ2) is 4.46. The Labute approximate surface area is 128 Å². The van der Waals surface area contributed by atoms with E-state index in [-0.39, 0.29) is 5.54 Å². The fraction of sp³-hybridized carbons (Fsp3) is 1.00. The quantitative estimate of drug-likeness (QED) is 0.691. The van der Waals surface area contributed by atoms with Crippen molar-refractivity contribution in [2.45, 2.75) is 62.9 Å². The van der Waals surface area contributed by atoms with E-state index >= 15 is 0 Å². The Balaban J connectivity index is 1.48. The van der Waals surface area contributed by atoms with Crippen molar-refractivity contribution in [1.29, 1.82) is 0 Å². The normalized spacial score (nSPS) is 59.0. The molecule has 2 aliphatic heterocycles. The number of piperidine rings is 2. The molecule has 4 aliphatic carbocycles. The summed E-state index contributed by atoms with van der Waals surface area (Å²) in [5.74, 6) is 3.60. The summed E-state index contributed by atoms with van der Waals surface area (Å²) in [6.07, 6.45) is 11.2. The van der Waals surface area contributed by atoms with E-state index in [0.717, 1.165) is 29.7 Å². The molecule has 0 aromatic rings. The van der Waals surface area contributed by atoms with Gasteiger partial charge < -0.3 is 16.4 Å². The summed E-state index contributed by atoms with van der Waals surface area (Å²) >= 11 is 0. The van der Waals surface area contributed by atoms with Crippen LogP contribution in [-0.2, 0) is 0 Å². The predicted molar refractivity (Wildman–Crippen MR) is 84.9 cm³/mol. The van der Waals surface area contributed by atoms with Crippen LogP contribution in [0.2, 0.25) is 0 Å². The average Bonchev–Trinajstić information content (AvgIpc) is 2.44. The van der Waals surface area contributed by atoms with Gasteiger partial charge >= 0.3 is 0 Å². The zero-order chi connectivity index (χ0) is 14.1. The monoisotopic (exact) mass is 289 g/mol. The van der Waals surface area contributed by atoms with Gasteiger partial charge in [-0.25, -0.2) is 0 Å². The van der Waals surface area contributed by atoms with E-state index in [1.807, 2.05) is 0 Å². The molecule has 6 aliphatic rings. The fourth-order valence-corrected chi connectivity index (χ4v) is 7.67. The van der Waals surface area contributed by atoms with Crippen LogP contribution in [0.5, 0.6) is 0 Å². The molecule has 118 valence electrons. The molecule has 2 heterocycles. The highest BCUT2D eigenvalue weighted by Crippen LogP contribution is 2.64. The molecule has 4 saturated carbocycles. The number of rotatable bonds is 1. The van der Waals surface area contributed by atoms with Crippen LogP contribution in [0.3, 0.4) is 0 Å². The molecule has 0 radical (unpaired) electrons. The van der Waals surface area contributed by atoms with Crippen LogP contribution < -0.4 is 16.4 Å². The van der Waals surface area contributed by atoms with Crippen molar-refractivity contribution in [3.05, 3.63) is 0 Å². The molecule has 5 atom stereocenters. The van der Waals surface area contributed by atoms with Crippen molar-refractivity contribution in [3.8, 4) is 0 Å². The van der Waals surface area contributed by atoms with Crippen LogP contribution in [0, 0.1) is 29.1 Å². The number of hydrogen-bond acceptors (Lipinski definition) is 3. The van der Waals surface area contributed by atoms with Gasteiger partial charge in [0.25, 0.3) is 0 Å². The molecule has 0 amide bonds. The average molecular weight is 289 g/mol. The highest BCUT2D eigenvalue weighted by Gasteiger charge is 2.60. The van der Waals surface area contributed by atoms with E-state index in [1.165, 1.54) is 71.0 Å². The Bertz CT molecular complexity index is 418. The van der Waals surface area contributed by atoms with Crippen molar-refractivity contribution < 1.29 is 0 Å². The Morgan fingerprint density at radius 3 is 2.57 bits per heavy atom. The Hall–Kier alpha value is -0.120. The summed E-state index contributed by atoms with van der Waals surface area (Å²) in [5.41, 5.74) is 7.61. The molecule has 3 nitrogen and oxygen atoms in total. The first-order valence-corrected chi connectivity index (χ1v) is 9.39. The second-order valence-corrected chi connectivity index (χ2v) is 9.33. The molecule has 0 spiro atoms. The van der Waals surface area contributed by atoms with Gasteiger partial charge in [0.2, 0.25) is 0 Å². The van der Waals surface area contributed by atoms with E-state index in [0.29, 0.717) is 5.41 Å². The predicted octanol–water partition coefficient (Wildman–Crippen LogP) is 1.87. The lowest BCUT2D eigenvalue weighted by atomic mass is 9.43. The molecule has 0 aromatic carbocycles. The summed E-state index contributed by atoms with van der Waals surface area (Å²) in [5, 5.41) is 7.72. The molecule has 3 heteroatoms. The van der Waals surface area contributed by atoms with Crippen LogP contribution in [-0.4, -0.2) is 31.2 Å². The molecule has 5 unspecified atom stereocenters. The van der Waals surface area contributed by atoms with E-state index < -0.39 is 0 Å². The summed E-state index contributed by atoms with van der Waals surface area (Å²) in [7, 11) is 0. The zero-order valence-electron chi connectivity index (χ0n) is 13.2. The lowest BCUT2D eigenvalue weighted by molar-refractivity contribution is -0.117. The maximum absolute atomic E-state index is 6.84. The van der Waals surface area contributed by atoms with Gasteiger partial charge in [-0.1, -0.05) is 0 Å². The first kappa shape index (κ1) is 13.3. The lowest BCUT2D eigenvalue weighted by Gasteiger charge is -2.65. The van der Waals surface area contributed by atoms with Gasteiger partial charge in [-0.2, -0.15) is 0 Å². The number of fused-ring (bicyclic) bond motifs is 1. The van der Waals surface area contributed by atoms with E-state index in [9.17, 15) is 0 Å². The standard InChI is InChI=1S/C18H31N3/c19-18-7-12-4-13(8-18)6-17(5-12,11-18)15-10-20-9-14-2-1-3-21-16(14)15/h12-16,20-21H,1-11,19H2. The number of nitrogens with one attached hydrogen (secondary N) is 2. The van der Waals surface area contributed by atoms with Gasteiger partial charge in [-0.3, -0.25) is 0 Å². The van der Waals surface area contributed by atoms with E-state index in [1.54, 1.807) is 0 Å². The minimum Gasteiger partial charge on any atom is -0.325 e. The third-order valence-electron chi connectivity index (χ3n) is 7.78. The molecular weight excluding hydrogens is 258 g/mol. The van der Waals surface area contributed by atoms with Gasteiger partial charge in [0.05, 0.1) is 0 Å². The minimum atomic E-state index is 0.200. The molecule has 4 N–H and O–H groups in total. The Morgan fingerprint density at radius 1 is 1.00 bits per heavy atom.